The number of aliphatic carboxylic acids is 1. The minimum Gasteiger partial charge on any atom is -0.480 e. The fourth-order valence-corrected chi connectivity index (χ4v) is 4.62. The molecule has 0 aliphatic carbocycles. The van der Waals surface area contributed by atoms with Crippen LogP contribution in [-0.4, -0.2) is 57.9 Å². The molecule has 1 aromatic rings. The number of rotatable bonds is 4. The van der Waals surface area contributed by atoms with E-state index in [0.29, 0.717) is 18.0 Å². The third-order valence-corrected chi connectivity index (χ3v) is 5.73. The molecule has 1 aromatic heterocycles. The van der Waals surface area contributed by atoms with Crippen molar-refractivity contribution in [3.63, 3.8) is 0 Å². The number of hydrogen-bond donors (Lipinski definition) is 2. The van der Waals surface area contributed by atoms with Gasteiger partial charge in [-0.3, -0.25) is 4.79 Å². The molecule has 2 rings (SSSR count). The molecule has 19 heavy (non-hydrogen) atoms. The molecule has 9 heteroatoms. The minimum absolute atomic E-state index is 0.0394. The van der Waals surface area contributed by atoms with Crippen molar-refractivity contribution in [1.82, 2.24) is 14.3 Å². The number of imidazole rings is 1. The van der Waals surface area contributed by atoms with Gasteiger partial charge in [0.2, 0.25) is 0 Å². The molecule has 2 N–H and O–H groups in total. The Morgan fingerprint density at radius 2 is 2.42 bits per heavy atom. The van der Waals surface area contributed by atoms with Gasteiger partial charge in [-0.15, -0.1) is 0 Å². The van der Waals surface area contributed by atoms with Crippen LogP contribution in [-0.2, 0) is 21.2 Å². The van der Waals surface area contributed by atoms with Gasteiger partial charge in [-0.05, 0) is 0 Å². The molecule has 106 valence electrons. The number of carbonyl (C=O) groups is 1. The number of nitrogens with zero attached hydrogens (tertiary/aromatic N) is 2. The van der Waals surface area contributed by atoms with Crippen LogP contribution >= 0.6 is 11.8 Å². The van der Waals surface area contributed by atoms with Crippen molar-refractivity contribution in [2.45, 2.75) is 24.4 Å². The highest BCUT2D eigenvalue weighted by Gasteiger charge is 2.38. The zero-order valence-corrected chi connectivity index (χ0v) is 12.0. The van der Waals surface area contributed by atoms with E-state index in [1.165, 1.54) is 18.0 Å². The van der Waals surface area contributed by atoms with Crippen molar-refractivity contribution in [1.29, 1.82) is 0 Å². The Morgan fingerprint density at radius 3 is 3.00 bits per heavy atom. The topological polar surface area (TPSA) is 103 Å². The fraction of sp³-hybridized carbons (Fsp3) is 0.600. The molecule has 2 heterocycles. The quantitative estimate of drug-likeness (QED) is 0.821. The van der Waals surface area contributed by atoms with E-state index in [1.807, 2.05) is 6.92 Å². The number of carboxylic acids is 1. The highest BCUT2D eigenvalue weighted by Crippen LogP contribution is 2.24. The van der Waals surface area contributed by atoms with Crippen LogP contribution in [0, 0.1) is 0 Å². The molecule has 1 aliphatic heterocycles. The van der Waals surface area contributed by atoms with Crippen molar-refractivity contribution >= 4 is 27.8 Å². The summed E-state index contributed by atoms with van der Waals surface area (Å²) < 4.78 is 25.9. The molecular weight excluding hydrogens is 290 g/mol. The van der Waals surface area contributed by atoms with Gasteiger partial charge < -0.3 is 10.1 Å². The number of aryl methyl sites for hydroxylation is 1. The number of thioether (sulfide) groups is 1. The summed E-state index contributed by atoms with van der Waals surface area (Å²) in [4.78, 5) is 17.8. The number of carboxylic acid groups (broad SMARTS) is 1. The number of sulfonamides is 1. The molecule has 0 radical (unpaired) electrons. The molecule has 0 spiro atoms. The first-order valence-corrected chi connectivity index (χ1v) is 8.42. The lowest BCUT2D eigenvalue weighted by atomic mass is 10.3. The standard InChI is InChI=1S/C10H15N3O4S2/c1-2-8-11-5-9(12-8)19(16,17)13-3-4-18-6-7(13)10(14)15/h5,7H,2-4,6H2,1H3,(H,11,12)(H,14,15). The normalized spacial score (nSPS) is 21.4. The summed E-state index contributed by atoms with van der Waals surface area (Å²) in [5.74, 6) is 0.309. The predicted octanol–water partition coefficient (Wildman–Crippen LogP) is 0.163. The van der Waals surface area contributed by atoms with Gasteiger partial charge in [-0.1, -0.05) is 6.92 Å². The Balaban J connectivity index is 2.34. The Morgan fingerprint density at radius 1 is 1.68 bits per heavy atom. The van der Waals surface area contributed by atoms with Gasteiger partial charge >= 0.3 is 5.97 Å². The summed E-state index contributed by atoms with van der Waals surface area (Å²) in [5.41, 5.74) is 0. The maximum atomic E-state index is 12.4. The molecule has 0 amide bonds. The number of aromatic nitrogens is 2. The van der Waals surface area contributed by atoms with Crippen LogP contribution in [0.15, 0.2) is 11.2 Å². The van der Waals surface area contributed by atoms with E-state index >= 15 is 0 Å². The van der Waals surface area contributed by atoms with Crippen molar-refractivity contribution in [2.24, 2.45) is 0 Å². The lowest BCUT2D eigenvalue weighted by Gasteiger charge is -2.30. The summed E-state index contributed by atoms with van der Waals surface area (Å²) in [6, 6.07) is -1.02. The second-order valence-corrected chi connectivity index (χ2v) is 7.10. The molecule has 1 aliphatic rings. The first-order chi connectivity index (χ1) is 8.96. The molecule has 0 bridgehead atoms. The van der Waals surface area contributed by atoms with E-state index in [9.17, 15) is 13.2 Å². The molecule has 0 aromatic carbocycles. The molecule has 7 nitrogen and oxygen atoms in total. The smallest absolute Gasteiger partial charge is 0.322 e. The van der Waals surface area contributed by atoms with Crippen molar-refractivity contribution in [3.8, 4) is 0 Å². The van der Waals surface area contributed by atoms with E-state index in [-0.39, 0.29) is 17.3 Å². The first-order valence-electron chi connectivity index (χ1n) is 5.83. The average Bonchev–Trinajstić information content (AvgIpc) is 2.88. The summed E-state index contributed by atoms with van der Waals surface area (Å²) in [5, 5.41) is 9.09. The van der Waals surface area contributed by atoms with E-state index in [4.69, 9.17) is 5.11 Å². The Hall–Kier alpha value is -1.06. The summed E-state index contributed by atoms with van der Waals surface area (Å²) in [7, 11) is -3.82. The van der Waals surface area contributed by atoms with Crippen molar-refractivity contribution in [2.75, 3.05) is 18.1 Å². The fourth-order valence-electron chi connectivity index (χ4n) is 1.85. The largest absolute Gasteiger partial charge is 0.480 e. The number of nitrogens with one attached hydrogen (secondary N) is 1. The van der Waals surface area contributed by atoms with Crippen LogP contribution in [0.3, 0.4) is 0 Å². The second-order valence-electron chi connectivity index (χ2n) is 4.09. The monoisotopic (exact) mass is 305 g/mol. The molecule has 1 unspecified atom stereocenters. The lowest BCUT2D eigenvalue weighted by Crippen LogP contribution is -2.50. The van der Waals surface area contributed by atoms with Gasteiger partial charge in [0, 0.05) is 24.5 Å². The number of H-pyrrole nitrogens is 1. The highest BCUT2D eigenvalue weighted by molar-refractivity contribution is 7.99. The molecular formula is C10H15N3O4S2. The van der Waals surface area contributed by atoms with Crippen LogP contribution in [0.4, 0.5) is 0 Å². The lowest BCUT2D eigenvalue weighted by molar-refractivity contribution is -0.140. The van der Waals surface area contributed by atoms with Crippen LogP contribution in [0.1, 0.15) is 12.7 Å². The molecule has 1 saturated heterocycles. The maximum Gasteiger partial charge on any atom is 0.322 e. The highest BCUT2D eigenvalue weighted by atomic mass is 32.2. The summed E-state index contributed by atoms with van der Waals surface area (Å²) >= 11 is 1.44. The zero-order valence-electron chi connectivity index (χ0n) is 10.4. The Labute approximate surface area is 115 Å². The predicted molar refractivity (Wildman–Crippen MR) is 70.6 cm³/mol. The average molecular weight is 305 g/mol. The van der Waals surface area contributed by atoms with E-state index in [0.717, 1.165) is 4.31 Å². The van der Waals surface area contributed by atoms with Crippen LogP contribution in [0.2, 0.25) is 0 Å². The van der Waals surface area contributed by atoms with E-state index < -0.39 is 22.0 Å². The maximum absolute atomic E-state index is 12.4. The van der Waals surface area contributed by atoms with Crippen molar-refractivity contribution < 1.29 is 18.3 Å². The second kappa shape index (κ2) is 5.51. The summed E-state index contributed by atoms with van der Waals surface area (Å²) in [6.07, 6.45) is 1.84. The van der Waals surface area contributed by atoms with Gasteiger partial charge in [0.25, 0.3) is 10.0 Å². The number of aromatic amines is 1. The van der Waals surface area contributed by atoms with Crippen molar-refractivity contribution in [3.05, 3.63) is 12.0 Å². The van der Waals surface area contributed by atoms with Gasteiger partial charge in [-0.2, -0.15) is 16.1 Å². The Bertz CT molecular complexity index is 569. The first kappa shape index (κ1) is 14.4. The van der Waals surface area contributed by atoms with Gasteiger partial charge in [0.05, 0.1) is 6.20 Å². The third kappa shape index (κ3) is 2.77. The SMILES string of the molecule is CCc1ncc(S(=O)(=O)N2CCSCC2C(=O)O)[nH]1. The van der Waals surface area contributed by atoms with Gasteiger partial charge in [-0.25, -0.2) is 13.4 Å². The van der Waals surface area contributed by atoms with E-state index in [2.05, 4.69) is 9.97 Å². The van der Waals surface area contributed by atoms with Crippen LogP contribution < -0.4 is 0 Å². The zero-order chi connectivity index (χ0) is 14.0. The van der Waals surface area contributed by atoms with E-state index in [1.54, 1.807) is 0 Å². The minimum atomic E-state index is -3.82. The van der Waals surface area contributed by atoms with Crippen LogP contribution in [0.25, 0.3) is 0 Å². The molecule has 1 fully saturated rings. The third-order valence-electron chi connectivity index (χ3n) is 2.89. The molecule has 1 atom stereocenters. The van der Waals surface area contributed by atoms with Gasteiger partial charge in [0.15, 0.2) is 5.03 Å². The molecule has 0 saturated carbocycles. The van der Waals surface area contributed by atoms with Gasteiger partial charge in [0.1, 0.15) is 11.9 Å². The Kier molecular flexibility index (Phi) is 4.16. The number of hydrogen-bond acceptors (Lipinski definition) is 5. The summed E-state index contributed by atoms with van der Waals surface area (Å²) in [6.45, 7) is 2.05. The van der Waals surface area contributed by atoms with Crippen LogP contribution in [0.5, 0.6) is 0 Å².